The highest BCUT2D eigenvalue weighted by Crippen LogP contribution is 2.23. The van der Waals surface area contributed by atoms with Crippen LogP contribution in [0.25, 0.3) is 0 Å². The summed E-state index contributed by atoms with van der Waals surface area (Å²) in [5.74, 6) is 0. The number of para-hydroxylation sites is 1. The number of unbranched alkanes of at least 4 members (excludes halogenated alkanes) is 1. The summed E-state index contributed by atoms with van der Waals surface area (Å²) < 4.78 is 18.2. The molecule has 0 aliphatic heterocycles. The summed E-state index contributed by atoms with van der Waals surface area (Å²) in [7, 11) is -1.61. The molecule has 0 fully saturated rings. The topological polar surface area (TPSA) is 65.7 Å². The van der Waals surface area contributed by atoms with E-state index in [1.54, 1.807) is 0 Å². The second kappa shape index (κ2) is 16.3. The number of anilines is 1. The zero-order valence-electron chi connectivity index (χ0n) is 18.3. The smallest absolute Gasteiger partial charge is 0.378 e. The minimum absolute atomic E-state index is 0.0784. The fourth-order valence-corrected chi connectivity index (χ4v) is 5.47. The number of hydrogen-bond donors (Lipinski definition) is 2. The maximum atomic E-state index is 6.07. The first-order valence-corrected chi connectivity index (χ1v) is 13.4. The molecule has 0 heterocycles. The highest BCUT2D eigenvalue weighted by atomic mass is 28.4. The van der Waals surface area contributed by atoms with Crippen molar-refractivity contribution >= 4 is 24.7 Å². The molecule has 0 saturated carbocycles. The molecule has 3 N–H and O–H groups in total. The predicted octanol–water partition coefficient (Wildman–Crippen LogP) is 3.29. The highest BCUT2D eigenvalue weighted by molar-refractivity contribution is 6.63. The van der Waals surface area contributed by atoms with E-state index in [-0.39, 0.29) is 5.67 Å². The number of rotatable bonds is 13. The van der Waals surface area contributed by atoms with Crippen LogP contribution in [0.2, 0.25) is 0 Å². The highest BCUT2D eigenvalue weighted by Gasteiger charge is 2.49. The van der Waals surface area contributed by atoms with E-state index in [4.69, 9.17) is 19.0 Å². The van der Waals surface area contributed by atoms with Crippen molar-refractivity contribution < 1.29 is 13.3 Å². The van der Waals surface area contributed by atoms with Crippen molar-refractivity contribution in [2.24, 2.45) is 5.73 Å². The van der Waals surface area contributed by atoms with Crippen LogP contribution in [-0.4, -0.2) is 50.2 Å². The molecule has 2 unspecified atom stereocenters. The van der Waals surface area contributed by atoms with Gasteiger partial charge < -0.3 is 24.3 Å². The lowest BCUT2D eigenvalue weighted by atomic mass is 10.2. The van der Waals surface area contributed by atoms with Crippen molar-refractivity contribution in [3.05, 3.63) is 30.3 Å². The monoisotopic (exact) mass is 414 g/mol. The Hall–Kier alpha value is -0.706. The molecule has 0 radical (unpaired) electrons. The lowest BCUT2D eigenvalue weighted by molar-refractivity contribution is 0.0632. The maximum absolute atomic E-state index is 6.07. The first kappa shape index (κ1) is 26.3. The second-order valence-electron chi connectivity index (χ2n) is 6.49. The van der Waals surface area contributed by atoms with Crippen molar-refractivity contribution in [1.82, 2.24) is 0 Å². The molecule has 0 amide bonds. The van der Waals surface area contributed by atoms with E-state index in [2.05, 4.69) is 31.3 Å². The minimum Gasteiger partial charge on any atom is -0.378 e. The molecule has 0 aliphatic carbocycles. The maximum Gasteiger partial charge on any atom is 0.524 e. The summed E-state index contributed by atoms with van der Waals surface area (Å²) in [5.41, 5.74) is 7.04. The van der Waals surface area contributed by atoms with E-state index in [1.807, 2.05) is 39.0 Å². The molecular weight excluding hydrogens is 372 g/mol. The Balaban J connectivity index is 0.00000119. The molecular formula is C20H42N2O3Si2. The number of hydrogen-bond acceptors (Lipinski definition) is 5. The van der Waals surface area contributed by atoms with Crippen molar-refractivity contribution in [2.45, 2.75) is 71.6 Å². The molecule has 158 valence electrons. The van der Waals surface area contributed by atoms with Crippen LogP contribution in [0, 0.1) is 0 Å². The van der Waals surface area contributed by atoms with Crippen LogP contribution in [0.4, 0.5) is 5.69 Å². The van der Waals surface area contributed by atoms with Gasteiger partial charge >= 0.3 is 8.80 Å². The first-order valence-electron chi connectivity index (χ1n) is 10.5. The third-order valence-corrected chi connectivity index (χ3v) is 8.24. The Morgan fingerprint density at radius 2 is 1.44 bits per heavy atom. The van der Waals surface area contributed by atoms with Gasteiger partial charge in [-0.3, -0.25) is 0 Å². The van der Waals surface area contributed by atoms with Gasteiger partial charge in [-0.05, 0) is 51.4 Å². The number of nitrogens with one attached hydrogen (secondary N) is 1. The average Bonchev–Trinajstić information content (AvgIpc) is 2.67. The number of nitrogens with two attached hydrogens (primary N) is 1. The second-order valence-corrected chi connectivity index (χ2v) is 10.7. The molecule has 0 spiro atoms. The third kappa shape index (κ3) is 11.0. The normalized spacial score (nSPS) is 13.6. The fraction of sp³-hybridized carbons (Fsp3) is 0.700. The SMILES string of the molecule is CCC(N)[SiH3].CCCCC(Nc1ccccc1)[Si](OCC)(OCC)OCC. The number of benzene rings is 1. The summed E-state index contributed by atoms with van der Waals surface area (Å²) in [4.78, 5) is 0. The van der Waals surface area contributed by atoms with Crippen molar-refractivity contribution in [1.29, 1.82) is 0 Å². The molecule has 5 nitrogen and oxygen atoms in total. The van der Waals surface area contributed by atoms with E-state index in [0.717, 1.165) is 41.6 Å². The molecule has 0 aliphatic rings. The van der Waals surface area contributed by atoms with Gasteiger partial charge in [-0.2, -0.15) is 0 Å². The van der Waals surface area contributed by atoms with Crippen LogP contribution < -0.4 is 11.1 Å². The van der Waals surface area contributed by atoms with Gasteiger partial charge in [0.15, 0.2) is 0 Å². The average molecular weight is 415 g/mol. The summed E-state index contributed by atoms with van der Waals surface area (Å²) in [6, 6.07) is 10.2. The van der Waals surface area contributed by atoms with Gasteiger partial charge in [0.05, 0.1) is 5.67 Å². The van der Waals surface area contributed by atoms with Crippen LogP contribution in [0.15, 0.2) is 30.3 Å². The van der Waals surface area contributed by atoms with E-state index in [0.29, 0.717) is 25.5 Å². The van der Waals surface area contributed by atoms with Crippen LogP contribution >= 0.6 is 0 Å². The Morgan fingerprint density at radius 3 is 1.81 bits per heavy atom. The van der Waals surface area contributed by atoms with Crippen LogP contribution in [-0.2, 0) is 13.3 Å². The standard InChI is InChI=1S/C17H31NO3Si.C3H11NSi/c1-5-9-15-17(18-16-13-11-10-12-14-16)22(19-6-2,20-7-3)21-8-4;1-2-3(4)5/h10-14,17-18H,5-9,15H2,1-4H3;3H,2,4H2,1,5H3. The van der Waals surface area contributed by atoms with Crippen LogP contribution in [0.3, 0.4) is 0 Å². The third-order valence-electron chi connectivity index (χ3n) is 4.07. The van der Waals surface area contributed by atoms with Gasteiger partial charge in [0.2, 0.25) is 0 Å². The Bertz CT molecular complexity index is 433. The van der Waals surface area contributed by atoms with Crippen molar-refractivity contribution in [3.63, 3.8) is 0 Å². The molecule has 1 aromatic carbocycles. The zero-order valence-corrected chi connectivity index (χ0v) is 21.3. The predicted molar refractivity (Wildman–Crippen MR) is 122 cm³/mol. The Morgan fingerprint density at radius 1 is 0.963 bits per heavy atom. The lowest BCUT2D eigenvalue weighted by Crippen LogP contribution is -2.59. The van der Waals surface area contributed by atoms with Gasteiger partial charge in [-0.15, -0.1) is 0 Å². The van der Waals surface area contributed by atoms with Gasteiger partial charge in [0, 0.05) is 35.8 Å². The van der Waals surface area contributed by atoms with E-state index in [1.165, 1.54) is 0 Å². The van der Waals surface area contributed by atoms with E-state index < -0.39 is 8.80 Å². The quantitative estimate of drug-likeness (QED) is 0.485. The van der Waals surface area contributed by atoms with Crippen molar-refractivity contribution in [3.8, 4) is 0 Å². The molecule has 0 saturated heterocycles. The van der Waals surface area contributed by atoms with E-state index in [9.17, 15) is 0 Å². The molecule has 1 aromatic rings. The molecule has 0 bridgehead atoms. The molecule has 2 atom stereocenters. The van der Waals surface area contributed by atoms with Gasteiger partial charge in [0.25, 0.3) is 0 Å². The van der Waals surface area contributed by atoms with Gasteiger partial charge in [0.1, 0.15) is 0 Å². The Labute approximate surface area is 171 Å². The van der Waals surface area contributed by atoms with E-state index >= 15 is 0 Å². The lowest BCUT2D eigenvalue weighted by Gasteiger charge is -2.36. The van der Waals surface area contributed by atoms with Gasteiger partial charge in [-0.1, -0.05) is 44.9 Å². The molecule has 1 rings (SSSR count). The minimum atomic E-state index is -2.76. The summed E-state index contributed by atoms with van der Waals surface area (Å²) >= 11 is 0. The Kier molecular flexibility index (Phi) is 15.8. The summed E-state index contributed by atoms with van der Waals surface area (Å²) in [6.45, 7) is 12.1. The largest absolute Gasteiger partial charge is 0.524 e. The fourth-order valence-electron chi connectivity index (χ4n) is 2.51. The van der Waals surface area contributed by atoms with Gasteiger partial charge in [-0.25, -0.2) is 0 Å². The van der Waals surface area contributed by atoms with Crippen molar-refractivity contribution in [2.75, 3.05) is 25.1 Å². The molecule has 27 heavy (non-hydrogen) atoms. The first-order chi connectivity index (χ1) is 13.0. The zero-order chi connectivity index (χ0) is 20.5. The summed E-state index contributed by atoms with van der Waals surface area (Å²) in [5, 5.41) is 3.60. The summed E-state index contributed by atoms with van der Waals surface area (Å²) in [6.07, 6.45) is 4.39. The van der Waals surface area contributed by atoms with Crippen LogP contribution in [0.5, 0.6) is 0 Å². The molecule has 0 aromatic heterocycles. The molecule has 7 heteroatoms. The van der Waals surface area contributed by atoms with Crippen LogP contribution in [0.1, 0.15) is 60.3 Å².